The Labute approximate surface area is 210 Å². The van der Waals surface area contributed by atoms with Crippen LogP contribution in [0.3, 0.4) is 0 Å². The zero-order valence-electron chi connectivity index (χ0n) is 20.2. The van der Waals surface area contributed by atoms with Gasteiger partial charge < -0.3 is 19.3 Å². The number of thioether (sulfide) groups is 1. The van der Waals surface area contributed by atoms with Gasteiger partial charge in [0, 0.05) is 54.8 Å². The Kier molecular flexibility index (Phi) is 8.68. The van der Waals surface area contributed by atoms with Crippen molar-refractivity contribution in [1.82, 2.24) is 9.40 Å². The SMILES string of the molecule is COC1C(OC(=O)N(Cl)C(C)=O)CCC(O)(CSc2ccncc2)C1C1(C)OC1CC=C(C)C. The maximum atomic E-state index is 12.4. The van der Waals surface area contributed by atoms with Crippen LogP contribution in [0.4, 0.5) is 4.79 Å². The average molecular weight is 513 g/mol. The molecule has 1 aromatic rings. The van der Waals surface area contributed by atoms with Crippen LogP contribution in [0.2, 0.25) is 0 Å². The van der Waals surface area contributed by atoms with Gasteiger partial charge in [0.15, 0.2) is 0 Å². The average Bonchev–Trinajstić information content (AvgIpc) is 3.47. The zero-order valence-corrected chi connectivity index (χ0v) is 21.8. The topological polar surface area (TPSA) is 101 Å². The van der Waals surface area contributed by atoms with E-state index >= 15 is 0 Å². The number of ether oxygens (including phenoxy) is 3. The van der Waals surface area contributed by atoms with Gasteiger partial charge in [-0.1, -0.05) is 11.6 Å². The summed E-state index contributed by atoms with van der Waals surface area (Å²) in [6.07, 6.45) is 4.56. The Hall–Kier alpha value is -1.65. The first-order valence-corrected chi connectivity index (χ1v) is 12.6. The number of nitrogens with zero attached hydrogens (tertiary/aromatic N) is 2. The van der Waals surface area contributed by atoms with E-state index in [0.29, 0.717) is 29.4 Å². The molecule has 0 bridgehead atoms. The van der Waals surface area contributed by atoms with Gasteiger partial charge in [0.05, 0.1) is 11.7 Å². The maximum absolute atomic E-state index is 12.4. The molecule has 1 saturated carbocycles. The van der Waals surface area contributed by atoms with Crippen molar-refractivity contribution in [1.29, 1.82) is 0 Å². The molecule has 6 unspecified atom stereocenters. The van der Waals surface area contributed by atoms with Crippen LogP contribution in [0.15, 0.2) is 41.1 Å². The molecule has 2 heterocycles. The van der Waals surface area contributed by atoms with Gasteiger partial charge in [-0.15, -0.1) is 11.8 Å². The first kappa shape index (κ1) is 26.9. The fourth-order valence-corrected chi connectivity index (χ4v) is 5.88. The van der Waals surface area contributed by atoms with E-state index < -0.39 is 41.3 Å². The Morgan fingerprint density at radius 2 is 2.03 bits per heavy atom. The Morgan fingerprint density at radius 1 is 1.35 bits per heavy atom. The second-order valence-electron chi connectivity index (χ2n) is 9.32. The number of pyridine rings is 1. The largest absolute Gasteiger partial charge is 0.442 e. The van der Waals surface area contributed by atoms with E-state index in [9.17, 15) is 14.7 Å². The van der Waals surface area contributed by atoms with Crippen molar-refractivity contribution < 1.29 is 28.9 Å². The molecule has 0 aromatic carbocycles. The molecule has 2 amide bonds. The quantitative estimate of drug-likeness (QED) is 0.237. The molecule has 1 N–H and O–H groups in total. The molecule has 2 aliphatic rings. The predicted molar refractivity (Wildman–Crippen MR) is 129 cm³/mol. The Balaban J connectivity index is 1.87. The molecule has 6 atom stereocenters. The molecule has 1 aromatic heterocycles. The smallest absolute Gasteiger partial charge is 0.432 e. The fourth-order valence-electron chi connectivity index (χ4n) is 4.79. The minimum atomic E-state index is -1.15. The van der Waals surface area contributed by atoms with Gasteiger partial charge in [0.2, 0.25) is 5.91 Å². The number of allylic oxidation sites excluding steroid dienone is 1. The zero-order chi connectivity index (χ0) is 25.1. The highest BCUT2D eigenvalue weighted by molar-refractivity contribution is 7.99. The van der Waals surface area contributed by atoms with Crippen LogP contribution in [0, 0.1) is 5.92 Å². The van der Waals surface area contributed by atoms with E-state index in [1.165, 1.54) is 31.4 Å². The molecular weight excluding hydrogens is 480 g/mol. The van der Waals surface area contributed by atoms with Crippen molar-refractivity contribution in [2.45, 2.75) is 81.4 Å². The molecule has 0 spiro atoms. The van der Waals surface area contributed by atoms with E-state index in [1.807, 2.05) is 32.9 Å². The number of aromatic nitrogens is 1. The van der Waals surface area contributed by atoms with Gasteiger partial charge >= 0.3 is 6.09 Å². The summed E-state index contributed by atoms with van der Waals surface area (Å²) in [6, 6.07) is 3.79. The minimum absolute atomic E-state index is 0.0984. The lowest BCUT2D eigenvalue weighted by Gasteiger charge is -2.49. The summed E-state index contributed by atoms with van der Waals surface area (Å²) in [5.41, 5.74) is -0.633. The number of hydrogen-bond acceptors (Lipinski definition) is 8. The summed E-state index contributed by atoms with van der Waals surface area (Å²) in [5.74, 6) is -0.717. The molecule has 10 heteroatoms. The van der Waals surface area contributed by atoms with Crippen LogP contribution in [-0.2, 0) is 19.0 Å². The van der Waals surface area contributed by atoms with E-state index in [-0.39, 0.29) is 6.10 Å². The molecule has 188 valence electrons. The van der Waals surface area contributed by atoms with Gasteiger partial charge in [-0.05, 0) is 52.2 Å². The second kappa shape index (κ2) is 11.0. The number of methoxy groups -OCH3 is 1. The van der Waals surface area contributed by atoms with Crippen LogP contribution in [0.1, 0.15) is 47.0 Å². The van der Waals surface area contributed by atoms with Crippen LogP contribution >= 0.6 is 23.5 Å². The van der Waals surface area contributed by atoms with Crippen LogP contribution in [0.25, 0.3) is 0 Å². The first-order valence-electron chi connectivity index (χ1n) is 11.3. The number of aliphatic hydroxyl groups is 1. The Morgan fingerprint density at radius 3 is 2.62 bits per heavy atom. The molecule has 1 aliphatic carbocycles. The number of halogens is 1. The van der Waals surface area contributed by atoms with Crippen LogP contribution in [-0.4, -0.2) is 68.9 Å². The van der Waals surface area contributed by atoms with E-state index in [2.05, 4.69) is 11.1 Å². The molecule has 8 nitrogen and oxygen atoms in total. The summed E-state index contributed by atoms with van der Waals surface area (Å²) >= 11 is 7.30. The van der Waals surface area contributed by atoms with Crippen LogP contribution in [0.5, 0.6) is 0 Å². The third kappa shape index (κ3) is 5.94. The third-order valence-corrected chi connectivity index (χ3v) is 8.20. The molecule has 1 saturated heterocycles. The highest BCUT2D eigenvalue weighted by Crippen LogP contribution is 2.55. The molecule has 0 radical (unpaired) electrons. The number of carbonyl (C=O) groups is 2. The number of rotatable bonds is 8. The van der Waals surface area contributed by atoms with Crippen molar-refractivity contribution in [3.63, 3.8) is 0 Å². The van der Waals surface area contributed by atoms with Crippen LogP contribution < -0.4 is 0 Å². The van der Waals surface area contributed by atoms with E-state index in [4.69, 9.17) is 26.0 Å². The third-order valence-electron chi connectivity index (χ3n) is 6.57. The summed E-state index contributed by atoms with van der Waals surface area (Å²) in [4.78, 5) is 28.9. The van der Waals surface area contributed by atoms with Gasteiger partial charge in [-0.25, -0.2) is 4.79 Å². The van der Waals surface area contributed by atoms with Crippen molar-refractivity contribution in [3.05, 3.63) is 36.2 Å². The number of epoxide rings is 1. The summed E-state index contributed by atoms with van der Waals surface area (Å²) in [7, 11) is 1.53. The minimum Gasteiger partial charge on any atom is -0.442 e. The number of hydrogen-bond donors (Lipinski definition) is 1. The highest BCUT2D eigenvalue weighted by atomic mass is 35.5. The highest BCUT2D eigenvalue weighted by Gasteiger charge is 2.67. The van der Waals surface area contributed by atoms with Gasteiger partial charge in [0.25, 0.3) is 0 Å². The van der Waals surface area contributed by atoms with E-state index in [1.54, 1.807) is 12.4 Å². The lowest BCUT2D eigenvalue weighted by molar-refractivity contribution is -0.171. The Bertz CT molecular complexity index is 914. The van der Waals surface area contributed by atoms with Crippen molar-refractivity contribution in [2.75, 3.05) is 12.9 Å². The second-order valence-corrected chi connectivity index (χ2v) is 10.7. The summed E-state index contributed by atoms with van der Waals surface area (Å²) in [5, 5.41) is 12.0. The van der Waals surface area contributed by atoms with Gasteiger partial charge in [-0.2, -0.15) is 4.42 Å². The molecule has 34 heavy (non-hydrogen) atoms. The lowest BCUT2D eigenvalue weighted by atomic mass is 9.66. The van der Waals surface area contributed by atoms with Crippen molar-refractivity contribution in [2.24, 2.45) is 5.92 Å². The number of carbonyl (C=O) groups excluding carboxylic acids is 2. The maximum Gasteiger partial charge on any atom is 0.432 e. The van der Waals surface area contributed by atoms with Gasteiger partial charge in [-0.3, -0.25) is 9.78 Å². The summed E-state index contributed by atoms with van der Waals surface area (Å²) < 4.78 is 18.0. The van der Waals surface area contributed by atoms with Crippen molar-refractivity contribution >= 4 is 35.5 Å². The summed E-state index contributed by atoms with van der Waals surface area (Å²) in [6.45, 7) is 7.21. The lowest BCUT2D eigenvalue weighted by Crippen LogP contribution is -2.61. The monoisotopic (exact) mass is 512 g/mol. The number of imide groups is 1. The molecule has 2 fully saturated rings. The number of amides is 2. The van der Waals surface area contributed by atoms with Crippen molar-refractivity contribution in [3.8, 4) is 0 Å². The molecular formula is C24H33ClN2O6S. The predicted octanol–water partition coefficient (Wildman–Crippen LogP) is 4.35. The fraction of sp³-hybridized carbons (Fsp3) is 0.625. The van der Waals surface area contributed by atoms with Gasteiger partial charge in [0.1, 0.15) is 17.8 Å². The molecule has 1 aliphatic heterocycles. The normalized spacial score (nSPS) is 32.6. The molecule has 3 rings (SSSR count). The standard InChI is InChI=1S/C24H33ClN2O6S/c1-15(2)6-7-19-23(4,33-19)21-20(31-5)18(32-22(29)27(25)16(3)28)8-11-24(21,30)14-34-17-9-12-26-13-10-17/h6,9-10,12-13,18-21,30H,7-8,11,14H2,1-5H3. The van der Waals surface area contributed by atoms with E-state index in [0.717, 1.165) is 4.90 Å². The first-order chi connectivity index (χ1) is 16.0.